The lowest BCUT2D eigenvalue weighted by Crippen LogP contribution is -2.31. The third-order valence-electron chi connectivity index (χ3n) is 3.28. The van der Waals surface area contributed by atoms with Crippen molar-refractivity contribution in [3.8, 4) is 0 Å². The second-order valence-corrected chi connectivity index (χ2v) is 4.89. The van der Waals surface area contributed by atoms with E-state index in [1.54, 1.807) is 0 Å². The van der Waals surface area contributed by atoms with Gasteiger partial charge in [0.25, 0.3) is 0 Å². The Hall–Kier alpha value is -2.40. The van der Waals surface area contributed by atoms with Gasteiger partial charge >= 0.3 is 0 Å². The van der Waals surface area contributed by atoms with Crippen LogP contribution in [-0.2, 0) is 6.54 Å². The summed E-state index contributed by atoms with van der Waals surface area (Å²) in [5.74, 6) is 0.0342. The van der Waals surface area contributed by atoms with Crippen molar-refractivity contribution in [3.05, 3.63) is 65.5 Å². The van der Waals surface area contributed by atoms with E-state index in [0.29, 0.717) is 13.1 Å². The van der Waals surface area contributed by atoms with Crippen molar-refractivity contribution in [2.24, 2.45) is 10.9 Å². The summed E-state index contributed by atoms with van der Waals surface area (Å²) in [5.41, 5.74) is 8.77. The van der Waals surface area contributed by atoms with Crippen molar-refractivity contribution >= 4 is 5.84 Å². The van der Waals surface area contributed by atoms with Crippen LogP contribution in [0.3, 0.4) is 0 Å². The Morgan fingerprint density at radius 2 is 2.00 bits per heavy atom. The largest absolute Gasteiger partial charge is 0.409 e. The van der Waals surface area contributed by atoms with E-state index in [1.165, 1.54) is 0 Å². The Bertz CT molecular complexity index is 598. The van der Waals surface area contributed by atoms with Gasteiger partial charge in [-0.3, -0.25) is 4.98 Å². The lowest BCUT2D eigenvalue weighted by atomic mass is 9.98. The van der Waals surface area contributed by atoms with Crippen LogP contribution in [-0.4, -0.2) is 22.6 Å². The van der Waals surface area contributed by atoms with Gasteiger partial charge in [0.2, 0.25) is 0 Å². The second kappa shape index (κ2) is 7.40. The Balaban J connectivity index is 2.00. The van der Waals surface area contributed by atoms with Gasteiger partial charge in [0.05, 0.1) is 11.6 Å². The molecule has 0 saturated carbocycles. The van der Waals surface area contributed by atoms with Crippen LogP contribution in [0, 0.1) is 6.92 Å². The smallest absolute Gasteiger partial charge is 0.147 e. The van der Waals surface area contributed by atoms with Gasteiger partial charge in [-0.05, 0) is 24.6 Å². The third-order valence-corrected chi connectivity index (χ3v) is 3.28. The lowest BCUT2D eigenvalue weighted by molar-refractivity contribution is 0.315. The van der Waals surface area contributed by atoms with Gasteiger partial charge < -0.3 is 16.3 Å². The van der Waals surface area contributed by atoms with Crippen molar-refractivity contribution in [1.29, 1.82) is 0 Å². The molecule has 0 aliphatic rings. The first-order valence-electron chi connectivity index (χ1n) is 6.86. The molecule has 0 saturated heterocycles. The van der Waals surface area contributed by atoms with Gasteiger partial charge in [-0.2, -0.15) is 0 Å². The van der Waals surface area contributed by atoms with Crippen LogP contribution in [0.5, 0.6) is 0 Å². The summed E-state index contributed by atoms with van der Waals surface area (Å²) in [7, 11) is 0. The molecule has 0 bridgehead atoms. The first kappa shape index (κ1) is 15.0. The second-order valence-electron chi connectivity index (χ2n) is 4.89. The zero-order valence-corrected chi connectivity index (χ0v) is 12.0. The Morgan fingerprint density at radius 3 is 2.67 bits per heavy atom. The molecule has 1 unspecified atom stereocenters. The van der Waals surface area contributed by atoms with Crippen LogP contribution in [0.25, 0.3) is 0 Å². The predicted octanol–water partition coefficient (Wildman–Crippen LogP) is 2.01. The van der Waals surface area contributed by atoms with Gasteiger partial charge in [-0.15, -0.1) is 0 Å². The number of rotatable bonds is 6. The fraction of sp³-hybridized carbons (Fsp3) is 0.250. The minimum absolute atomic E-state index is 0.166. The molecule has 1 heterocycles. The minimum atomic E-state index is -0.166. The summed E-state index contributed by atoms with van der Waals surface area (Å²) >= 11 is 0. The van der Waals surface area contributed by atoms with Crippen LogP contribution in [0.1, 0.15) is 22.9 Å². The number of hydrogen-bond acceptors (Lipinski definition) is 4. The summed E-state index contributed by atoms with van der Waals surface area (Å²) in [4.78, 5) is 4.43. The molecule has 110 valence electrons. The third kappa shape index (κ3) is 4.29. The maximum atomic E-state index is 8.94. The summed E-state index contributed by atoms with van der Waals surface area (Å²) in [6.45, 7) is 3.19. The molecular weight excluding hydrogens is 264 g/mol. The highest BCUT2D eigenvalue weighted by molar-refractivity contribution is 5.87. The van der Waals surface area contributed by atoms with Crippen LogP contribution in [0.4, 0.5) is 0 Å². The number of nitrogens with one attached hydrogen (secondary N) is 1. The van der Waals surface area contributed by atoms with E-state index in [9.17, 15) is 0 Å². The monoisotopic (exact) mass is 284 g/mol. The van der Waals surface area contributed by atoms with Crippen molar-refractivity contribution in [2.45, 2.75) is 19.4 Å². The number of nitrogens with zero attached hydrogens (tertiary/aromatic N) is 2. The molecule has 0 amide bonds. The van der Waals surface area contributed by atoms with E-state index in [4.69, 9.17) is 10.9 Å². The Labute approximate surface area is 124 Å². The van der Waals surface area contributed by atoms with Gasteiger partial charge in [-0.1, -0.05) is 41.6 Å². The van der Waals surface area contributed by atoms with Gasteiger partial charge in [0, 0.05) is 18.8 Å². The highest BCUT2D eigenvalue weighted by Gasteiger charge is 2.16. The van der Waals surface area contributed by atoms with Crippen molar-refractivity contribution in [2.75, 3.05) is 6.54 Å². The average Bonchev–Trinajstić information content (AvgIpc) is 2.52. The summed E-state index contributed by atoms with van der Waals surface area (Å²) in [6, 6.07) is 15.7. The van der Waals surface area contributed by atoms with Crippen molar-refractivity contribution in [3.63, 3.8) is 0 Å². The molecule has 1 aromatic heterocycles. The van der Waals surface area contributed by atoms with Crippen LogP contribution in [0.2, 0.25) is 0 Å². The number of amidine groups is 1. The number of aryl methyl sites for hydroxylation is 1. The molecule has 1 aromatic carbocycles. The van der Waals surface area contributed by atoms with E-state index in [-0.39, 0.29) is 11.8 Å². The minimum Gasteiger partial charge on any atom is -0.409 e. The topological polar surface area (TPSA) is 83.5 Å². The predicted molar refractivity (Wildman–Crippen MR) is 83.3 cm³/mol. The highest BCUT2D eigenvalue weighted by Crippen LogP contribution is 2.15. The molecule has 2 aromatic rings. The van der Waals surface area contributed by atoms with E-state index < -0.39 is 0 Å². The molecule has 21 heavy (non-hydrogen) atoms. The number of pyridine rings is 1. The Morgan fingerprint density at radius 1 is 1.24 bits per heavy atom. The number of nitrogens with two attached hydrogens (primary N) is 1. The number of oxime groups is 1. The summed E-state index contributed by atoms with van der Waals surface area (Å²) in [5, 5.41) is 15.4. The molecule has 0 spiro atoms. The van der Waals surface area contributed by atoms with Gasteiger partial charge in [-0.25, -0.2) is 0 Å². The maximum Gasteiger partial charge on any atom is 0.147 e. The lowest BCUT2D eigenvalue weighted by Gasteiger charge is -2.16. The quantitative estimate of drug-likeness (QED) is 0.328. The summed E-state index contributed by atoms with van der Waals surface area (Å²) in [6.07, 6.45) is 0. The van der Waals surface area contributed by atoms with Crippen LogP contribution < -0.4 is 11.1 Å². The van der Waals surface area contributed by atoms with Gasteiger partial charge in [0.1, 0.15) is 5.84 Å². The zero-order valence-electron chi connectivity index (χ0n) is 12.0. The molecule has 0 aliphatic carbocycles. The number of aromatic nitrogens is 1. The zero-order chi connectivity index (χ0) is 15.1. The van der Waals surface area contributed by atoms with Crippen molar-refractivity contribution < 1.29 is 5.21 Å². The van der Waals surface area contributed by atoms with Crippen LogP contribution in [0.15, 0.2) is 53.7 Å². The number of benzene rings is 1. The highest BCUT2D eigenvalue weighted by atomic mass is 16.4. The number of hydrogen-bond donors (Lipinski definition) is 3. The molecule has 0 aliphatic heterocycles. The summed E-state index contributed by atoms with van der Waals surface area (Å²) < 4.78 is 0. The van der Waals surface area contributed by atoms with E-state index in [2.05, 4.69) is 15.5 Å². The maximum absolute atomic E-state index is 8.94. The molecule has 1 atom stereocenters. The molecule has 4 N–H and O–H groups in total. The van der Waals surface area contributed by atoms with Gasteiger partial charge in [0.15, 0.2) is 0 Å². The first-order valence-corrected chi connectivity index (χ1v) is 6.86. The average molecular weight is 284 g/mol. The molecule has 5 heteroatoms. The van der Waals surface area contributed by atoms with Crippen LogP contribution >= 0.6 is 0 Å². The van der Waals surface area contributed by atoms with Crippen molar-refractivity contribution in [1.82, 2.24) is 10.3 Å². The van der Waals surface area contributed by atoms with E-state index >= 15 is 0 Å². The first-order chi connectivity index (χ1) is 10.2. The molecule has 0 radical (unpaired) electrons. The molecular formula is C16H20N4O. The fourth-order valence-corrected chi connectivity index (χ4v) is 2.19. The molecule has 5 nitrogen and oxygen atoms in total. The standard InChI is InChI=1S/C16H20N4O/c1-12-6-5-9-14(19-12)10-18-11-15(16(17)20-21)13-7-3-2-4-8-13/h2-9,15,18,21H,10-11H2,1H3,(H2,17,20). The molecule has 0 fully saturated rings. The Kier molecular flexibility index (Phi) is 5.29. The van der Waals surface area contributed by atoms with E-state index in [1.807, 2.05) is 55.5 Å². The van der Waals surface area contributed by atoms with E-state index in [0.717, 1.165) is 17.0 Å². The normalized spacial score (nSPS) is 13.1. The fourth-order valence-electron chi connectivity index (χ4n) is 2.19. The SMILES string of the molecule is Cc1cccc(CNCC(C(N)=NO)c2ccccc2)n1. The molecule has 2 rings (SSSR count).